The van der Waals surface area contributed by atoms with Crippen LogP contribution < -0.4 is 15.4 Å². The standard InChI is InChI=1S/C24H38N6O.HI/c1-5-25-24(27-17-23-29-28-22-10-6-7-13-30(22)23)26-16-20-12-11-19(4)15-21(20)31-14-8-9-18(2)3;/h11-12,15,18H,5-10,13-14,16-17H2,1-4H3,(H2,25,26,27);1H. The van der Waals surface area contributed by atoms with Gasteiger partial charge in [-0.1, -0.05) is 26.0 Å². The van der Waals surface area contributed by atoms with E-state index in [9.17, 15) is 0 Å². The van der Waals surface area contributed by atoms with Crippen molar-refractivity contribution in [2.24, 2.45) is 10.9 Å². The highest BCUT2D eigenvalue weighted by atomic mass is 127. The van der Waals surface area contributed by atoms with Crippen molar-refractivity contribution in [1.29, 1.82) is 0 Å². The summed E-state index contributed by atoms with van der Waals surface area (Å²) in [6.45, 7) is 12.4. The molecule has 0 atom stereocenters. The van der Waals surface area contributed by atoms with Crippen LogP contribution in [0.2, 0.25) is 0 Å². The van der Waals surface area contributed by atoms with E-state index in [1.165, 1.54) is 24.8 Å². The van der Waals surface area contributed by atoms with Gasteiger partial charge in [-0.15, -0.1) is 34.2 Å². The van der Waals surface area contributed by atoms with Gasteiger partial charge in [0.25, 0.3) is 0 Å². The van der Waals surface area contributed by atoms with Crippen LogP contribution in [0.15, 0.2) is 23.2 Å². The van der Waals surface area contributed by atoms with E-state index in [-0.39, 0.29) is 24.0 Å². The Labute approximate surface area is 209 Å². The number of halogens is 1. The second-order valence-corrected chi connectivity index (χ2v) is 8.69. The number of ether oxygens (including phenoxy) is 1. The van der Waals surface area contributed by atoms with Crippen molar-refractivity contribution in [2.75, 3.05) is 13.2 Å². The number of aryl methyl sites for hydroxylation is 2. The minimum Gasteiger partial charge on any atom is -0.493 e. The van der Waals surface area contributed by atoms with Crippen molar-refractivity contribution in [3.05, 3.63) is 41.0 Å². The number of nitrogens with one attached hydrogen (secondary N) is 2. The molecular weight excluding hydrogens is 515 g/mol. The van der Waals surface area contributed by atoms with Crippen LogP contribution in [0.5, 0.6) is 5.75 Å². The van der Waals surface area contributed by atoms with Crippen molar-refractivity contribution in [3.63, 3.8) is 0 Å². The zero-order valence-electron chi connectivity index (χ0n) is 20.0. The molecule has 0 saturated heterocycles. The number of benzene rings is 1. The highest BCUT2D eigenvalue weighted by molar-refractivity contribution is 14.0. The van der Waals surface area contributed by atoms with E-state index in [1.807, 2.05) is 0 Å². The Bertz CT molecular complexity index is 864. The quantitative estimate of drug-likeness (QED) is 0.194. The third-order valence-corrected chi connectivity index (χ3v) is 5.51. The molecule has 32 heavy (non-hydrogen) atoms. The van der Waals surface area contributed by atoms with Crippen molar-refractivity contribution >= 4 is 29.9 Å². The Morgan fingerprint density at radius 3 is 2.84 bits per heavy atom. The van der Waals surface area contributed by atoms with Gasteiger partial charge in [0.2, 0.25) is 0 Å². The van der Waals surface area contributed by atoms with Crippen molar-refractivity contribution in [1.82, 2.24) is 25.4 Å². The van der Waals surface area contributed by atoms with Crippen LogP contribution in [0.25, 0.3) is 0 Å². The number of hydrogen-bond acceptors (Lipinski definition) is 4. The average molecular weight is 555 g/mol. The monoisotopic (exact) mass is 554 g/mol. The topological polar surface area (TPSA) is 76.4 Å². The molecule has 7 nitrogen and oxygen atoms in total. The number of hydrogen-bond donors (Lipinski definition) is 2. The normalized spacial score (nSPS) is 13.5. The van der Waals surface area contributed by atoms with Gasteiger partial charge in [0, 0.05) is 25.1 Å². The van der Waals surface area contributed by atoms with Crippen LogP contribution in [-0.2, 0) is 26.1 Å². The van der Waals surface area contributed by atoms with E-state index in [2.05, 4.69) is 71.3 Å². The summed E-state index contributed by atoms with van der Waals surface area (Å²) in [5.41, 5.74) is 2.31. The third-order valence-electron chi connectivity index (χ3n) is 5.51. The van der Waals surface area contributed by atoms with Crippen LogP contribution in [-0.4, -0.2) is 33.9 Å². The van der Waals surface area contributed by atoms with Crippen molar-refractivity contribution in [2.45, 2.75) is 79.4 Å². The molecule has 0 aliphatic carbocycles. The van der Waals surface area contributed by atoms with Gasteiger partial charge in [-0.25, -0.2) is 4.99 Å². The van der Waals surface area contributed by atoms with Crippen LogP contribution in [0.3, 0.4) is 0 Å². The Hall–Kier alpha value is -1.84. The first kappa shape index (κ1) is 26.4. The van der Waals surface area contributed by atoms with Gasteiger partial charge in [-0.3, -0.25) is 0 Å². The molecule has 8 heteroatoms. The highest BCUT2D eigenvalue weighted by Gasteiger charge is 2.15. The molecule has 0 spiro atoms. The van der Waals surface area contributed by atoms with Gasteiger partial charge < -0.3 is 19.9 Å². The predicted octanol–water partition coefficient (Wildman–Crippen LogP) is 4.61. The number of aliphatic imine (C=N–C) groups is 1. The van der Waals surface area contributed by atoms with Crippen LogP contribution in [0.4, 0.5) is 0 Å². The maximum absolute atomic E-state index is 6.11. The molecule has 0 bridgehead atoms. The van der Waals surface area contributed by atoms with Crippen LogP contribution in [0, 0.1) is 12.8 Å². The molecule has 2 heterocycles. The molecule has 1 aromatic carbocycles. The van der Waals surface area contributed by atoms with E-state index in [4.69, 9.17) is 9.73 Å². The minimum atomic E-state index is 0. The summed E-state index contributed by atoms with van der Waals surface area (Å²) >= 11 is 0. The Morgan fingerprint density at radius 1 is 1.22 bits per heavy atom. The van der Waals surface area contributed by atoms with Gasteiger partial charge in [-0.2, -0.15) is 0 Å². The summed E-state index contributed by atoms with van der Waals surface area (Å²) in [6, 6.07) is 6.35. The summed E-state index contributed by atoms with van der Waals surface area (Å²) in [5, 5.41) is 15.5. The molecule has 0 radical (unpaired) electrons. The summed E-state index contributed by atoms with van der Waals surface area (Å²) in [4.78, 5) is 4.80. The zero-order valence-corrected chi connectivity index (χ0v) is 22.3. The lowest BCUT2D eigenvalue weighted by molar-refractivity contribution is 0.295. The molecule has 2 aromatic rings. The van der Waals surface area contributed by atoms with E-state index < -0.39 is 0 Å². The molecule has 3 rings (SSSR count). The predicted molar refractivity (Wildman–Crippen MR) is 141 cm³/mol. The van der Waals surface area contributed by atoms with Crippen LogP contribution in [0.1, 0.15) is 69.2 Å². The van der Waals surface area contributed by atoms with E-state index in [0.29, 0.717) is 19.0 Å². The lowest BCUT2D eigenvalue weighted by Gasteiger charge is -2.16. The molecule has 1 aromatic heterocycles. The molecule has 0 saturated carbocycles. The van der Waals surface area contributed by atoms with E-state index >= 15 is 0 Å². The molecule has 0 fully saturated rings. The second-order valence-electron chi connectivity index (χ2n) is 8.69. The first-order valence-electron chi connectivity index (χ1n) is 11.7. The lowest BCUT2D eigenvalue weighted by Crippen LogP contribution is -2.37. The number of nitrogens with zero attached hydrogens (tertiary/aromatic N) is 4. The Kier molecular flexibility index (Phi) is 11.3. The fourth-order valence-corrected chi connectivity index (χ4v) is 3.77. The third kappa shape index (κ3) is 7.94. The van der Waals surface area contributed by atoms with Gasteiger partial charge in [0.15, 0.2) is 11.8 Å². The SMILES string of the molecule is CCNC(=NCc1ccc(C)cc1OCCCC(C)C)NCc1nnc2n1CCCC2.I. The molecule has 0 unspecified atom stereocenters. The lowest BCUT2D eigenvalue weighted by atomic mass is 10.1. The number of rotatable bonds is 10. The molecule has 178 valence electrons. The summed E-state index contributed by atoms with van der Waals surface area (Å²) < 4.78 is 8.35. The smallest absolute Gasteiger partial charge is 0.191 e. The van der Waals surface area contributed by atoms with Gasteiger partial charge in [0.1, 0.15) is 11.6 Å². The van der Waals surface area contributed by atoms with E-state index in [1.54, 1.807) is 0 Å². The molecule has 0 amide bonds. The number of fused-ring (bicyclic) bond motifs is 1. The van der Waals surface area contributed by atoms with Crippen LogP contribution >= 0.6 is 24.0 Å². The first-order valence-corrected chi connectivity index (χ1v) is 11.7. The maximum atomic E-state index is 6.11. The molecule has 2 N–H and O–H groups in total. The minimum absolute atomic E-state index is 0. The number of guanidine groups is 1. The summed E-state index contributed by atoms with van der Waals surface area (Å²) in [7, 11) is 0. The Morgan fingerprint density at radius 2 is 2.06 bits per heavy atom. The fourth-order valence-electron chi connectivity index (χ4n) is 3.77. The van der Waals surface area contributed by atoms with E-state index in [0.717, 1.165) is 61.5 Å². The average Bonchev–Trinajstić information content (AvgIpc) is 3.17. The van der Waals surface area contributed by atoms with Gasteiger partial charge in [0.05, 0.1) is 19.7 Å². The van der Waals surface area contributed by atoms with Crippen molar-refractivity contribution < 1.29 is 4.74 Å². The fraction of sp³-hybridized carbons (Fsp3) is 0.625. The molecule has 1 aliphatic heterocycles. The molecule has 1 aliphatic rings. The van der Waals surface area contributed by atoms with Crippen molar-refractivity contribution in [3.8, 4) is 5.75 Å². The number of aromatic nitrogens is 3. The van der Waals surface area contributed by atoms with Gasteiger partial charge >= 0.3 is 0 Å². The zero-order chi connectivity index (χ0) is 22.1. The first-order chi connectivity index (χ1) is 15.1. The second kappa shape index (κ2) is 13.6. The van der Waals surface area contributed by atoms with Gasteiger partial charge in [-0.05, 0) is 57.1 Å². The highest BCUT2D eigenvalue weighted by Crippen LogP contribution is 2.22. The largest absolute Gasteiger partial charge is 0.493 e. The maximum Gasteiger partial charge on any atom is 0.191 e. The molecular formula is C24H39IN6O. The summed E-state index contributed by atoms with van der Waals surface area (Å²) in [5.74, 6) is 4.50. The Balaban J connectivity index is 0.00000363. The summed E-state index contributed by atoms with van der Waals surface area (Å²) in [6.07, 6.45) is 5.67.